The maximum absolute atomic E-state index is 3.09. The second-order valence-corrected chi connectivity index (χ2v) is 5.33. The number of hydrogen-bond donors (Lipinski definition) is 0. The fourth-order valence-corrected chi connectivity index (χ4v) is 2.48. The highest BCUT2D eigenvalue weighted by Gasteiger charge is 1.92. The van der Waals surface area contributed by atoms with Gasteiger partial charge in [-0.2, -0.15) is 0 Å². The SMILES string of the molecule is C(C#Cc1ccc2ccccc2c1)#CSc1ccccc1. The number of thioether (sulfide) groups is 1. The van der Waals surface area contributed by atoms with Crippen molar-refractivity contribution < 1.29 is 0 Å². The summed E-state index contributed by atoms with van der Waals surface area (Å²) >= 11 is 1.49. The summed E-state index contributed by atoms with van der Waals surface area (Å²) in [5.74, 6) is 8.87. The largest absolute Gasteiger partial charge is 0.0622 e. The zero-order valence-electron chi connectivity index (χ0n) is 11.3. The van der Waals surface area contributed by atoms with Crippen molar-refractivity contribution in [1.29, 1.82) is 0 Å². The van der Waals surface area contributed by atoms with Crippen LogP contribution in [0.15, 0.2) is 77.7 Å². The molecule has 0 N–H and O–H groups in total. The Labute approximate surface area is 129 Å². The predicted octanol–water partition coefficient (Wildman–Crippen LogP) is 4.94. The molecule has 0 amide bonds. The van der Waals surface area contributed by atoms with Crippen LogP contribution < -0.4 is 0 Å². The highest BCUT2D eigenvalue weighted by atomic mass is 32.2. The Morgan fingerprint density at radius 1 is 0.667 bits per heavy atom. The van der Waals surface area contributed by atoms with E-state index in [2.05, 4.69) is 47.3 Å². The lowest BCUT2D eigenvalue weighted by atomic mass is 10.1. The third-order valence-electron chi connectivity index (χ3n) is 2.98. The van der Waals surface area contributed by atoms with Gasteiger partial charge in [-0.05, 0) is 63.9 Å². The van der Waals surface area contributed by atoms with Gasteiger partial charge in [0.25, 0.3) is 0 Å². The molecule has 0 bridgehead atoms. The molecule has 0 aliphatic carbocycles. The first kappa shape index (κ1) is 13.4. The van der Waals surface area contributed by atoms with Crippen LogP contribution in [0.2, 0.25) is 0 Å². The molecule has 0 radical (unpaired) electrons. The minimum atomic E-state index is 0.993. The molecule has 0 nitrogen and oxygen atoms in total. The van der Waals surface area contributed by atoms with Crippen LogP contribution in [0.3, 0.4) is 0 Å². The zero-order chi connectivity index (χ0) is 14.3. The second-order valence-electron chi connectivity index (χ2n) is 4.45. The molecule has 98 valence electrons. The summed E-state index contributed by atoms with van der Waals surface area (Å²) in [6, 6.07) is 24.6. The summed E-state index contributed by atoms with van der Waals surface area (Å²) in [7, 11) is 0. The molecule has 1 heteroatoms. The fraction of sp³-hybridized carbons (Fsp3) is 0. The van der Waals surface area contributed by atoms with Crippen LogP contribution in [-0.2, 0) is 0 Å². The van der Waals surface area contributed by atoms with Crippen LogP contribution in [-0.4, -0.2) is 0 Å². The van der Waals surface area contributed by atoms with E-state index in [1.807, 2.05) is 48.5 Å². The molecule has 0 aliphatic rings. The Balaban J connectivity index is 1.72. The minimum Gasteiger partial charge on any atom is -0.0622 e. The number of fused-ring (bicyclic) bond motifs is 1. The van der Waals surface area contributed by atoms with Crippen molar-refractivity contribution in [3.8, 4) is 23.0 Å². The van der Waals surface area contributed by atoms with Gasteiger partial charge in [0.2, 0.25) is 0 Å². The summed E-state index contributed by atoms with van der Waals surface area (Å²) in [6.45, 7) is 0. The average molecular weight is 284 g/mol. The molecular formula is C20H12S. The standard InChI is InChI=1S/C20H12S/c1-2-11-20(12-3-1)21-15-7-6-8-17-13-14-18-9-4-5-10-19(18)16-17/h1-5,9-14,16H. The average Bonchev–Trinajstić information content (AvgIpc) is 2.55. The van der Waals surface area contributed by atoms with Crippen LogP contribution in [0, 0.1) is 23.0 Å². The lowest BCUT2D eigenvalue weighted by Gasteiger charge is -1.96. The van der Waals surface area contributed by atoms with E-state index >= 15 is 0 Å². The molecule has 3 rings (SSSR count). The molecule has 0 spiro atoms. The van der Waals surface area contributed by atoms with E-state index in [9.17, 15) is 0 Å². The first-order valence-electron chi connectivity index (χ1n) is 6.63. The van der Waals surface area contributed by atoms with Crippen molar-refractivity contribution in [2.24, 2.45) is 0 Å². The lowest BCUT2D eigenvalue weighted by molar-refractivity contribution is 1.48. The molecule has 3 aromatic rings. The van der Waals surface area contributed by atoms with Crippen LogP contribution in [0.25, 0.3) is 10.8 Å². The van der Waals surface area contributed by atoms with E-state index in [1.54, 1.807) is 0 Å². The van der Waals surface area contributed by atoms with Crippen molar-refractivity contribution in [1.82, 2.24) is 0 Å². The van der Waals surface area contributed by atoms with Crippen molar-refractivity contribution in [3.05, 3.63) is 78.4 Å². The molecule has 21 heavy (non-hydrogen) atoms. The third-order valence-corrected chi connectivity index (χ3v) is 3.69. The highest BCUT2D eigenvalue weighted by molar-refractivity contribution is 8.03. The van der Waals surface area contributed by atoms with E-state index in [1.165, 1.54) is 22.5 Å². The van der Waals surface area contributed by atoms with Crippen LogP contribution >= 0.6 is 11.8 Å². The van der Waals surface area contributed by atoms with Gasteiger partial charge in [0, 0.05) is 10.5 Å². The highest BCUT2D eigenvalue weighted by Crippen LogP contribution is 2.15. The molecule has 0 aromatic heterocycles. The predicted molar refractivity (Wildman–Crippen MR) is 90.9 cm³/mol. The molecule has 0 atom stereocenters. The Morgan fingerprint density at radius 3 is 2.29 bits per heavy atom. The van der Waals surface area contributed by atoms with E-state index in [-0.39, 0.29) is 0 Å². The second kappa shape index (κ2) is 6.71. The first-order chi connectivity index (χ1) is 10.4. The number of benzene rings is 3. The maximum Gasteiger partial charge on any atom is 0.0261 e. The van der Waals surface area contributed by atoms with Crippen molar-refractivity contribution in [2.75, 3.05) is 0 Å². The van der Waals surface area contributed by atoms with Crippen LogP contribution in [0.4, 0.5) is 0 Å². The Morgan fingerprint density at radius 2 is 1.43 bits per heavy atom. The maximum atomic E-state index is 3.09. The molecule has 0 fully saturated rings. The topological polar surface area (TPSA) is 0 Å². The quantitative estimate of drug-likeness (QED) is 0.450. The monoisotopic (exact) mass is 284 g/mol. The van der Waals surface area contributed by atoms with Gasteiger partial charge < -0.3 is 0 Å². The summed E-state index contributed by atoms with van der Waals surface area (Å²) in [6.07, 6.45) is 0. The number of rotatable bonds is 1. The van der Waals surface area contributed by atoms with E-state index in [0.29, 0.717) is 0 Å². The van der Waals surface area contributed by atoms with Gasteiger partial charge in [0.05, 0.1) is 0 Å². The normalized spacial score (nSPS) is 9.33. The molecule has 0 aliphatic heterocycles. The van der Waals surface area contributed by atoms with Gasteiger partial charge in [-0.15, -0.1) is 0 Å². The molecule has 0 heterocycles. The molecule has 0 unspecified atom stereocenters. The van der Waals surface area contributed by atoms with Gasteiger partial charge in [0.1, 0.15) is 0 Å². The summed E-state index contributed by atoms with van der Waals surface area (Å²) in [5.41, 5.74) is 0.993. The van der Waals surface area contributed by atoms with Crippen LogP contribution in [0.1, 0.15) is 5.56 Å². The van der Waals surface area contributed by atoms with Gasteiger partial charge in [-0.25, -0.2) is 0 Å². The van der Waals surface area contributed by atoms with Gasteiger partial charge >= 0.3 is 0 Å². The van der Waals surface area contributed by atoms with Gasteiger partial charge in [0.15, 0.2) is 0 Å². The Kier molecular flexibility index (Phi) is 4.27. The van der Waals surface area contributed by atoms with Crippen molar-refractivity contribution >= 4 is 22.5 Å². The fourth-order valence-electron chi connectivity index (χ4n) is 1.97. The van der Waals surface area contributed by atoms with Gasteiger partial charge in [-0.1, -0.05) is 54.5 Å². The van der Waals surface area contributed by atoms with Gasteiger partial charge in [-0.3, -0.25) is 0 Å². The lowest BCUT2D eigenvalue weighted by Crippen LogP contribution is -1.75. The molecular weight excluding hydrogens is 272 g/mol. The van der Waals surface area contributed by atoms with E-state index in [4.69, 9.17) is 0 Å². The smallest absolute Gasteiger partial charge is 0.0261 e. The number of hydrogen-bond acceptors (Lipinski definition) is 1. The van der Waals surface area contributed by atoms with E-state index in [0.717, 1.165) is 10.5 Å². The van der Waals surface area contributed by atoms with E-state index < -0.39 is 0 Å². The Hall–Kier alpha value is -2.61. The molecule has 0 saturated carbocycles. The first-order valence-corrected chi connectivity index (χ1v) is 7.45. The van der Waals surface area contributed by atoms with Crippen LogP contribution in [0.5, 0.6) is 0 Å². The summed E-state index contributed by atoms with van der Waals surface area (Å²) in [5, 5.41) is 5.44. The minimum absolute atomic E-state index is 0.993. The molecule has 3 aromatic carbocycles. The third kappa shape index (κ3) is 3.69. The molecule has 0 saturated heterocycles. The zero-order valence-corrected chi connectivity index (χ0v) is 12.2. The van der Waals surface area contributed by atoms with Crippen molar-refractivity contribution in [2.45, 2.75) is 4.90 Å². The Bertz CT molecular complexity index is 871. The summed E-state index contributed by atoms with van der Waals surface area (Å²) < 4.78 is 0. The summed E-state index contributed by atoms with van der Waals surface area (Å²) in [4.78, 5) is 1.14. The van der Waals surface area contributed by atoms with Crippen molar-refractivity contribution in [3.63, 3.8) is 0 Å².